The molecule has 3 heterocycles. The number of aromatic nitrogens is 3. The molecular weight excluding hydrogens is 338 g/mol. The van der Waals surface area contributed by atoms with Crippen molar-refractivity contribution in [1.82, 2.24) is 24.6 Å². The van der Waals surface area contributed by atoms with Gasteiger partial charge >= 0.3 is 0 Å². The Balaban J connectivity index is 1.29. The molecule has 2 aromatic heterocycles. The summed E-state index contributed by atoms with van der Waals surface area (Å²) in [5.41, 5.74) is 1.69. The molecule has 0 radical (unpaired) electrons. The average molecular weight is 367 g/mol. The summed E-state index contributed by atoms with van der Waals surface area (Å²) < 4.78 is 1.59. The van der Waals surface area contributed by atoms with Crippen LogP contribution in [0, 0.1) is 5.92 Å². The van der Waals surface area contributed by atoms with Crippen molar-refractivity contribution in [2.24, 2.45) is 5.92 Å². The van der Waals surface area contributed by atoms with E-state index in [4.69, 9.17) is 0 Å². The fourth-order valence-electron chi connectivity index (χ4n) is 4.27. The Bertz CT molecular complexity index is 777. The molecule has 0 unspecified atom stereocenters. The maximum absolute atomic E-state index is 12.2. The molecule has 4 rings (SSSR count). The summed E-state index contributed by atoms with van der Waals surface area (Å²) >= 11 is 0. The summed E-state index contributed by atoms with van der Waals surface area (Å²) in [4.78, 5) is 21.4. The maximum atomic E-state index is 12.2. The average Bonchev–Trinajstić information content (AvgIpc) is 3.22. The number of hydrogen-bond donors (Lipinski definition) is 0. The minimum Gasteiger partial charge on any atom is -0.301 e. The molecule has 0 bridgehead atoms. The van der Waals surface area contributed by atoms with Crippen molar-refractivity contribution in [2.75, 3.05) is 39.3 Å². The van der Waals surface area contributed by atoms with E-state index in [1.807, 2.05) is 12.1 Å². The monoisotopic (exact) mass is 367 g/mol. The van der Waals surface area contributed by atoms with Gasteiger partial charge < -0.3 is 4.90 Å². The van der Waals surface area contributed by atoms with Gasteiger partial charge in [-0.15, -0.1) is 0 Å². The highest BCUT2D eigenvalue weighted by Gasteiger charge is 2.22. The minimum atomic E-state index is -0.0393. The van der Waals surface area contributed by atoms with E-state index in [1.54, 1.807) is 29.2 Å². The lowest BCUT2D eigenvalue weighted by molar-refractivity contribution is 0.114. The van der Waals surface area contributed by atoms with Gasteiger partial charge in [-0.2, -0.15) is 5.10 Å². The van der Waals surface area contributed by atoms with Crippen molar-refractivity contribution in [3.05, 3.63) is 47.0 Å². The molecule has 6 heteroatoms. The van der Waals surface area contributed by atoms with Gasteiger partial charge in [0.1, 0.15) is 0 Å². The molecule has 6 nitrogen and oxygen atoms in total. The molecule has 2 aliphatic rings. The summed E-state index contributed by atoms with van der Waals surface area (Å²) in [6.07, 6.45) is 9.20. The summed E-state index contributed by atoms with van der Waals surface area (Å²) in [5.74, 6) is 0.926. The molecule has 0 spiro atoms. The Labute approximate surface area is 160 Å². The Kier molecular flexibility index (Phi) is 5.94. The van der Waals surface area contributed by atoms with Gasteiger partial charge in [0.2, 0.25) is 0 Å². The third kappa shape index (κ3) is 4.82. The normalized spacial score (nSPS) is 19.6. The second-order valence-corrected chi connectivity index (χ2v) is 7.81. The lowest BCUT2D eigenvalue weighted by Gasteiger charge is -2.35. The van der Waals surface area contributed by atoms with Gasteiger partial charge in [0.25, 0.3) is 5.56 Å². The maximum Gasteiger partial charge on any atom is 0.266 e. The first kappa shape index (κ1) is 18.3. The zero-order chi connectivity index (χ0) is 18.5. The molecule has 2 fully saturated rings. The lowest BCUT2D eigenvalue weighted by atomic mass is 10.1. The largest absolute Gasteiger partial charge is 0.301 e. The van der Waals surface area contributed by atoms with E-state index in [2.05, 4.69) is 19.9 Å². The molecule has 0 aromatic carbocycles. The predicted octanol–water partition coefficient (Wildman–Crippen LogP) is 2.11. The smallest absolute Gasteiger partial charge is 0.266 e. The number of hydrogen-bond acceptors (Lipinski definition) is 5. The van der Waals surface area contributed by atoms with Crippen molar-refractivity contribution in [3.63, 3.8) is 0 Å². The van der Waals surface area contributed by atoms with E-state index in [9.17, 15) is 4.79 Å². The van der Waals surface area contributed by atoms with Crippen molar-refractivity contribution >= 4 is 0 Å². The molecule has 0 atom stereocenters. The third-order valence-corrected chi connectivity index (χ3v) is 5.91. The van der Waals surface area contributed by atoms with Crippen LogP contribution in [0.15, 0.2) is 41.5 Å². The van der Waals surface area contributed by atoms with Crippen LogP contribution in [0.5, 0.6) is 0 Å². The fourth-order valence-corrected chi connectivity index (χ4v) is 4.27. The highest BCUT2D eigenvalue weighted by Crippen LogP contribution is 2.25. The van der Waals surface area contributed by atoms with Gasteiger partial charge in [0.15, 0.2) is 0 Å². The molecule has 27 heavy (non-hydrogen) atoms. The van der Waals surface area contributed by atoms with Crippen LogP contribution in [0.4, 0.5) is 0 Å². The molecule has 144 valence electrons. The second-order valence-electron chi connectivity index (χ2n) is 7.81. The first-order valence-electron chi connectivity index (χ1n) is 10.2. The molecule has 1 aliphatic carbocycles. The summed E-state index contributed by atoms with van der Waals surface area (Å²) in [7, 11) is 0. The van der Waals surface area contributed by atoms with Crippen LogP contribution < -0.4 is 5.56 Å². The van der Waals surface area contributed by atoms with Crippen LogP contribution in [0.25, 0.3) is 11.3 Å². The minimum absolute atomic E-state index is 0.0393. The number of pyridine rings is 1. The van der Waals surface area contributed by atoms with Crippen molar-refractivity contribution in [2.45, 2.75) is 32.2 Å². The van der Waals surface area contributed by atoms with E-state index >= 15 is 0 Å². The SMILES string of the molecule is O=c1ccc(-c2cccnc2)nn1CCN1CCN(CC2CCCC2)CC1. The Hall–Kier alpha value is -2.05. The van der Waals surface area contributed by atoms with Crippen LogP contribution in [0.2, 0.25) is 0 Å². The number of piperazine rings is 1. The second kappa shape index (κ2) is 8.76. The van der Waals surface area contributed by atoms with Crippen LogP contribution in [-0.4, -0.2) is 63.8 Å². The topological polar surface area (TPSA) is 54.3 Å². The van der Waals surface area contributed by atoms with Gasteiger partial charge in [0, 0.05) is 63.3 Å². The Morgan fingerprint density at radius 1 is 0.963 bits per heavy atom. The van der Waals surface area contributed by atoms with E-state index in [1.165, 1.54) is 32.2 Å². The Morgan fingerprint density at radius 3 is 2.48 bits per heavy atom. The van der Waals surface area contributed by atoms with Crippen molar-refractivity contribution in [1.29, 1.82) is 0 Å². The van der Waals surface area contributed by atoms with Gasteiger partial charge in [-0.1, -0.05) is 12.8 Å². The molecular formula is C21H29N5O. The van der Waals surface area contributed by atoms with Gasteiger partial charge in [-0.25, -0.2) is 4.68 Å². The van der Waals surface area contributed by atoms with E-state index in [0.717, 1.165) is 49.9 Å². The Morgan fingerprint density at radius 2 is 1.74 bits per heavy atom. The van der Waals surface area contributed by atoms with Gasteiger partial charge in [-0.05, 0) is 37.0 Å². The fraction of sp³-hybridized carbons (Fsp3) is 0.571. The quantitative estimate of drug-likeness (QED) is 0.783. The van der Waals surface area contributed by atoms with Crippen LogP contribution in [0.3, 0.4) is 0 Å². The van der Waals surface area contributed by atoms with Crippen LogP contribution >= 0.6 is 0 Å². The highest BCUT2D eigenvalue weighted by molar-refractivity contribution is 5.56. The molecule has 0 amide bonds. The highest BCUT2D eigenvalue weighted by atomic mass is 16.1. The summed E-state index contributed by atoms with van der Waals surface area (Å²) in [5, 5.41) is 4.54. The van der Waals surface area contributed by atoms with Crippen molar-refractivity contribution < 1.29 is 0 Å². The molecule has 1 saturated heterocycles. The van der Waals surface area contributed by atoms with Crippen LogP contribution in [-0.2, 0) is 6.54 Å². The van der Waals surface area contributed by atoms with Crippen LogP contribution in [0.1, 0.15) is 25.7 Å². The zero-order valence-electron chi connectivity index (χ0n) is 16.0. The number of nitrogens with zero attached hydrogens (tertiary/aromatic N) is 5. The van der Waals surface area contributed by atoms with E-state index in [0.29, 0.717) is 6.54 Å². The number of rotatable bonds is 6. The lowest BCUT2D eigenvalue weighted by Crippen LogP contribution is -2.48. The first-order valence-corrected chi connectivity index (χ1v) is 10.2. The summed E-state index contributed by atoms with van der Waals surface area (Å²) in [6, 6.07) is 7.23. The predicted molar refractivity (Wildman–Crippen MR) is 107 cm³/mol. The molecule has 2 aromatic rings. The zero-order valence-corrected chi connectivity index (χ0v) is 16.0. The van der Waals surface area contributed by atoms with Gasteiger partial charge in [0.05, 0.1) is 12.2 Å². The van der Waals surface area contributed by atoms with E-state index in [-0.39, 0.29) is 5.56 Å². The van der Waals surface area contributed by atoms with Gasteiger partial charge in [-0.3, -0.25) is 14.7 Å². The van der Waals surface area contributed by atoms with E-state index < -0.39 is 0 Å². The molecule has 1 aliphatic heterocycles. The third-order valence-electron chi connectivity index (χ3n) is 5.91. The molecule has 0 N–H and O–H groups in total. The summed E-state index contributed by atoms with van der Waals surface area (Å²) in [6.45, 7) is 7.26. The standard InChI is InChI=1S/C21H29N5O/c27-21-8-7-20(19-6-3-9-22-16-19)23-26(21)15-14-24-10-12-25(13-11-24)17-18-4-1-2-5-18/h3,6-9,16,18H,1-2,4-5,10-15,17H2. The van der Waals surface area contributed by atoms with Crippen molar-refractivity contribution in [3.8, 4) is 11.3 Å². The first-order chi connectivity index (χ1) is 13.3. The molecule has 1 saturated carbocycles.